The lowest BCUT2D eigenvalue weighted by Gasteiger charge is -2.41. The molecule has 30 heavy (non-hydrogen) atoms. The van der Waals surface area contributed by atoms with Gasteiger partial charge in [0.15, 0.2) is 0 Å². The minimum absolute atomic E-state index is 0.120. The van der Waals surface area contributed by atoms with Crippen LogP contribution in [0.25, 0.3) is 0 Å². The molecule has 0 radical (unpaired) electrons. The highest BCUT2D eigenvalue weighted by atomic mass is 16.5. The van der Waals surface area contributed by atoms with Crippen LogP contribution in [0.15, 0.2) is 36.4 Å². The van der Waals surface area contributed by atoms with E-state index in [2.05, 4.69) is 19.2 Å². The van der Waals surface area contributed by atoms with Gasteiger partial charge in [-0.1, -0.05) is 44.2 Å². The molecule has 4 rings (SSSR count). The van der Waals surface area contributed by atoms with Crippen LogP contribution in [0.2, 0.25) is 0 Å². The maximum absolute atomic E-state index is 12.8. The molecule has 3 aliphatic rings. The second-order valence-corrected chi connectivity index (χ2v) is 8.59. The zero-order valence-electron chi connectivity index (χ0n) is 17.7. The lowest BCUT2D eigenvalue weighted by molar-refractivity contribution is -0.140. The molecule has 6 heteroatoms. The molecule has 0 aromatic heterocycles. The molecule has 1 aromatic carbocycles. The van der Waals surface area contributed by atoms with Gasteiger partial charge in [0.05, 0.1) is 17.9 Å². The highest BCUT2D eigenvalue weighted by Crippen LogP contribution is 2.42. The van der Waals surface area contributed by atoms with Gasteiger partial charge in [-0.2, -0.15) is 0 Å². The summed E-state index contributed by atoms with van der Waals surface area (Å²) in [6, 6.07) is 7.69. The average Bonchev–Trinajstić information content (AvgIpc) is 3.02. The van der Waals surface area contributed by atoms with Gasteiger partial charge in [-0.3, -0.25) is 19.3 Å². The number of hydrogen-bond acceptors (Lipinski definition) is 4. The predicted molar refractivity (Wildman–Crippen MR) is 113 cm³/mol. The van der Waals surface area contributed by atoms with Gasteiger partial charge in [0.2, 0.25) is 17.7 Å². The van der Waals surface area contributed by atoms with Crippen LogP contribution < -0.4 is 10.1 Å². The van der Waals surface area contributed by atoms with Crippen molar-refractivity contribution in [3.05, 3.63) is 42.0 Å². The Kier molecular flexibility index (Phi) is 5.67. The lowest BCUT2D eigenvalue weighted by Crippen LogP contribution is -2.45. The Hall–Kier alpha value is -2.63. The van der Waals surface area contributed by atoms with Crippen LogP contribution in [0.3, 0.4) is 0 Å². The summed E-state index contributed by atoms with van der Waals surface area (Å²) in [6.45, 7) is 4.36. The van der Waals surface area contributed by atoms with Crippen LogP contribution in [0, 0.1) is 11.8 Å². The van der Waals surface area contributed by atoms with E-state index in [-0.39, 0.29) is 54.2 Å². The maximum atomic E-state index is 12.8. The molecular weight excluding hydrogens is 380 g/mol. The van der Waals surface area contributed by atoms with Gasteiger partial charge in [-0.05, 0) is 31.7 Å². The monoisotopic (exact) mass is 410 g/mol. The molecule has 0 bridgehead atoms. The fourth-order valence-electron chi connectivity index (χ4n) is 5.00. The minimum Gasteiger partial charge on any atom is -0.487 e. The van der Waals surface area contributed by atoms with Crippen LogP contribution >= 0.6 is 0 Å². The van der Waals surface area contributed by atoms with E-state index in [1.165, 1.54) is 4.90 Å². The largest absolute Gasteiger partial charge is 0.487 e. The smallest absolute Gasteiger partial charge is 0.233 e. The summed E-state index contributed by atoms with van der Waals surface area (Å²) >= 11 is 0. The van der Waals surface area contributed by atoms with Crippen LogP contribution in [-0.4, -0.2) is 34.8 Å². The van der Waals surface area contributed by atoms with Crippen molar-refractivity contribution >= 4 is 17.7 Å². The standard InChI is InChI=1S/C24H30N2O4/c1-3-24(4-2)15-19(18-11-7-8-12-20(18)30-24)25-21(27)13-14-26-22(28)16-9-5-6-10-17(16)23(26)29/h5-8,11-12,16-17,19H,3-4,9-10,13-15H2,1-2H3,(H,25,27)/t16-,17+,19-/m0/s1. The van der Waals surface area contributed by atoms with Gasteiger partial charge in [0.1, 0.15) is 11.4 Å². The summed E-state index contributed by atoms with van der Waals surface area (Å²) in [5.74, 6) is -0.0833. The number of amides is 3. The average molecular weight is 411 g/mol. The van der Waals surface area contributed by atoms with Gasteiger partial charge in [0.25, 0.3) is 0 Å². The second-order valence-electron chi connectivity index (χ2n) is 8.59. The summed E-state index contributed by atoms with van der Waals surface area (Å²) in [5.41, 5.74) is 0.685. The van der Waals surface area contributed by atoms with E-state index in [4.69, 9.17) is 4.74 Å². The van der Waals surface area contributed by atoms with Gasteiger partial charge >= 0.3 is 0 Å². The fourth-order valence-corrected chi connectivity index (χ4v) is 5.00. The SMILES string of the molecule is CCC1(CC)C[C@H](NC(=O)CCN2C(=O)[C@H]3CC=CC[C@H]3C2=O)c2ccccc2O1. The zero-order chi connectivity index (χ0) is 21.3. The summed E-state index contributed by atoms with van der Waals surface area (Å²) in [7, 11) is 0. The third kappa shape index (κ3) is 3.64. The number of imide groups is 1. The summed E-state index contributed by atoms with van der Waals surface area (Å²) in [5, 5.41) is 3.13. The Morgan fingerprint density at radius 3 is 2.37 bits per heavy atom. The Balaban J connectivity index is 1.41. The molecule has 1 aromatic rings. The number of carbonyl (C=O) groups is 3. The number of likely N-dealkylation sites (tertiary alicyclic amines) is 1. The molecule has 160 valence electrons. The number of hydrogen-bond donors (Lipinski definition) is 1. The number of nitrogens with one attached hydrogen (secondary N) is 1. The lowest BCUT2D eigenvalue weighted by atomic mass is 9.83. The number of rotatable bonds is 6. The predicted octanol–water partition coefficient (Wildman–Crippen LogP) is 3.53. The maximum Gasteiger partial charge on any atom is 0.233 e. The number of para-hydroxylation sites is 1. The van der Waals surface area contributed by atoms with Crippen molar-refractivity contribution in [2.24, 2.45) is 11.8 Å². The highest BCUT2D eigenvalue weighted by Gasteiger charge is 2.47. The van der Waals surface area contributed by atoms with E-state index in [0.29, 0.717) is 19.3 Å². The van der Waals surface area contributed by atoms with E-state index in [1.807, 2.05) is 36.4 Å². The molecule has 3 atom stereocenters. The van der Waals surface area contributed by atoms with Crippen molar-refractivity contribution in [2.75, 3.05) is 6.54 Å². The van der Waals surface area contributed by atoms with Crippen molar-refractivity contribution in [3.8, 4) is 5.75 Å². The molecule has 1 N–H and O–H groups in total. The van der Waals surface area contributed by atoms with E-state index in [1.54, 1.807) is 0 Å². The molecule has 0 spiro atoms. The van der Waals surface area contributed by atoms with Crippen molar-refractivity contribution < 1.29 is 19.1 Å². The molecule has 1 aliphatic carbocycles. The second kappa shape index (κ2) is 8.25. The summed E-state index contributed by atoms with van der Waals surface area (Å²) in [4.78, 5) is 39.3. The highest BCUT2D eigenvalue weighted by molar-refractivity contribution is 6.05. The summed E-state index contributed by atoms with van der Waals surface area (Å²) in [6.07, 6.45) is 7.72. The Labute approximate surface area is 177 Å². The van der Waals surface area contributed by atoms with Crippen molar-refractivity contribution in [1.82, 2.24) is 10.2 Å². The molecule has 1 saturated heterocycles. The van der Waals surface area contributed by atoms with Crippen LogP contribution in [0.1, 0.15) is 64.0 Å². The minimum atomic E-state index is -0.296. The summed E-state index contributed by atoms with van der Waals surface area (Å²) < 4.78 is 6.30. The fraction of sp³-hybridized carbons (Fsp3) is 0.542. The molecule has 6 nitrogen and oxygen atoms in total. The molecule has 3 amide bonds. The zero-order valence-corrected chi connectivity index (χ0v) is 17.7. The van der Waals surface area contributed by atoms with Gasteiger partial charge in [0, 0.05) is 24.9 Å². The first-order valence-electron chi connectivity index (χ1n) is 11.1. The van der Waals surface area contributed by atoms with Gasteiger partial charge in [-0.25, -0.2) is 0 Å². The number of fused-ring (bicyclic) bond motifs is 2. The number of benzene rings is 1. The first-order valence-corrected chi connectivity index (χ1v) is 11.1. The first-order chi connectivity index (χ1) is 14.5. The van der Waals surface area contributed by atoms with Crippen LogP contribution in [-0.2, 0) is 14.4 Å². The molecule has 2 aliphatic heterocycles. The third-order valence-corrected chi connectivity index (χ3v) is 6.98. The molecule has 0 saturated carbocycles. The van der Waals surface area contributed by atoms with Crippen LogP contribution in [0.4, 0.5) is 0 Å². The Morgan fingerprint density at radius 1 is 1.10 bits per heavy atom. The van der Waals surface area contributed by atoms with Gasteiger partial charge in [-0.15, -0.1) is 0 Å². The molecule has 1 fully saturated rings. The van der Waals surface area contributed by atoms with Crippen molar-refractivity contribution in [1.29, 1.82) is 0 Å². The van der Waals surface area contributed by atoms with Crippen LogP contribution in [0.5, 0.6) is 5.75 Å². The van der Waals surface area contributed by atoms with E-state index < -0.39 is 0 Å². The molecule has 2 heterocycles. The Bertz CT molecular complexity index is 848. The quantitative estimate of drug-likeness (QED) is 0.575. The number of carbonyl (C=O) groups excluding carboxylic acids is 3. The van der Waals surface area contributed by atoms with Crippen molar-refractivity contribution in [2.45, 2.75) is 64.0 Å². The number of allylic oxidation sites excluding steroid dienone is 2. The van der Waals surface area contributed by atoms with E-state index in [0.717, 1.165) is 24.2 Å². The number of nitrogens with zero attached hydrogens (tertiary/aromatic N) is 1. The normalized spacial score (nSPS) is 26.7. The Morgan fingerprint density at radius 2 is 1.73 bits per heavy atom. The van der Waals surface area contributed by atoms with E-state index >= 15 is 0 Å². The first kappa shape index (κ1) is 20.6. The van der Waals surface area contributed by atoms with Crippen molar-refractivity contribution in [3.63, 3.8) is 0 Å². The topological polar surface area (TPSA) is 75.7 Å². The number of ether oxygens (including phenoxy) is 1. The van der Waals surface area contributed by atoms with E-state index in [9.17, 15) is 14.4 Å². The molecular formula is C24H30N2O4. The van der Waals surface area contributed by atoms with Gasteiger partial charge < -0.3 is 10.1 Å². The third-order valence-electron chi connectivity index (χ3n) is 6.98. The molecule has 0 unspecified atom stereocenters.